The highest BCUT2D eigenvalue weighted by Crippen LogP contribution is 2.27. The van der Waals surface area contributed by atoms with Crippen molar-refractivity contribution in [3.8, 4) is 5.69 Å². The first-order chi connectivity index (χ1) is 13.6. The number of nitrogens with two attached hydrogens (primary N) is 1. The van der Waals surface area contributed by atoms with Gasteiger partial charge in [0.2, 0.25) is 5.91 Å². The van der Waals surface area contributed by atoms with E-state index >= 15 is 0 Å². The molecule has 28 heavy (non-hydrogen) atoms. The molecular weight excluding hydrogens is 356 g/mol. The Bertz CT molecular complexity index is 961. The molecule has 1 fully saturated rings. The van der Waals surface area contributed by atoms with Crippen LogP contribution in [0.2, 0.25) is 0 Å². The zero-order valence-corrected chi connectivity index (χ0v) is 15.4. The minimum absolute atomic E-state index is 0.00437. The summed E-state index contributed by atoms with van der Waals surface area (Å²) in [6.45, 7) is 1.40. The lowest BCUT2D eigenvalue weighted by molar-refractivity contribution is -0.118. The van der Waals surface area contributed by atoms with Crippen molar-refractivity contribution in [3.63, 3.8) is 0 Å². The van der Waals surface area contributed by atoms with E-state index in [1.54, 1.807) is 27.8 Å². The largest absolute Gasteiger partial charge is 0.368 e. The molecule has 8 heteroatoms. The minimum Gasteiger partial charge on any atom is -0.368 e. The lowest BCUT2D eigenvalue weighted by Gasteiger charge is -2.32. The van der Waals surface area contributed by atoms with E-state index in [-0.39, 0.29) is 18.4 Å². The molecular formula is C20H22N6O2. The quantitative estimate of drug-likeness (QED) is 0.728. The molecule has 0 bridgehead atoms. The van der Waals surface area contributed by atoms with Crippen molar-refractivity contribution in [2.24, 2.45) is 5.73 Å². The molecule has 1 aromatic carbocycles. The van der Waals surface area contributed by atoms with E-state index in [9.17, 15) is 9.59 Å². The van der Waals surface area contributed by atoms with E-state index < -0.39 is 5.91 Å². The number of imidazole rings is 1. The van der Waals surface area contributed by atoms with Gasteiger partial charge in [-0.05, 0) is 43.2 Å². The number of primary amides is 1. The molecule has 3 heterocycles. The van der Waals surface area contributed by atoms with E-state index in [0.29, 0.717) is 18.7 Å². The van der Waals surface area contributed by atoms with Crippen molar-refractivity contribution in [1.29, 1.82) is 0 Å². The van der Waals surface area contributed by atoms with Gasteiger partial charge in [-0.2, -0.15) is 5.10 Å². The van der Waals surface area contributed by atoms with Gasteiger partial charge < -0.3 is 15.2 Å². The predicted molar refractivity (Wildman–Crippen MR) is 103 cm³/mol. The fourth-order valence-corrected chi connectivity index (χ4v) is 3.72. The van der Waals surface area contributed by atoms with Gasteiger partial charge in [-0.1, -0.05) is 0 Å². The number of hydrogen-bond donors (Lipinski definition) is 1. The van der Waals surface area contributed by atoms with Crippen LogP contribution in [0.15, 0.2) is 55.1 Å². The summed E-state index contributed by atoms with van der Waals surface area (Å²) in [7, 11) is 0. The maximum atomic E-state index is 13.0. The topological polar surface area (TPSA) is 99.0 Å². The van der Waals surface area contributed by atoms with Gasteiger partial charge >= 0.3 is 0 Å². The summed E-state index contributed by atoms with van der Waals surface area (Å²) in [4.78, 5) is 30.5. The van der Waals surface area contributed by atoms with E-state index in [1.807, 2.05) is 41.4 Å². The van der Waals surface area contributed by atoms with Crippen molar-refractivity contribution in [2.45, 2.75) is 25.3 Å². The third-order valence-electron chi connectivity index (χ3n) is 5.03. The number of rotatable bonds is 5. The first-order valence-electron chi connectivity index (χ1n) is 9.30. The van der Waals surface area contributed by atoms with Gasteiger partial charge in [-0.25, -0.2) is 9.67 Å². The molecule has 2 amide bonds. The Balaban J connectivity index is 1.48. The van der Waals surface area contributed by atoms with Crippen molar-refractivity contribution >= 4 is 11.8 Å². The van der Waals surface area contributed by atoms with E-state index in [2.05, 4.69) is 10.1 Å². The number of carbonyl (C=O) groups is 2. The van der Waals surface area contributed by atoms with Crippen molar-refractivity contribution in [1.82, 2.24) is 24.2 Å². The second-order valence-electron chi connectivity index (χ2n) is 6.97. The average molecular weight is 378 g/mol. The number of piperidine rings is 1. The molecule has 4 rings (SSSR count). The molecule has 2 N–H and O–H groups in total. The van der Waals surface area contributed by atoms with Crippen LogP contribution in [0.5, 0.6) is 0 Å². The monoisotopic (exact) mass is 378 g/mol. The molecule has 0 aliphatic carbocycles. The van der Waals surface area contributed by atoms with E-state index in [0.717, 1.165) is 24.4 Å². The number of nitrogens with zero attached hydrogens (tertiary/aromatic N) is 5. The van der Waals surface area contributed by atoms with Crippen LogP contribution in [0.1, 0.15) is 34.9 Å². The summed E-state index contributed by atoms with van der Waals surface area (Å²) in [6, 6.07) is 9.30. The standard InChI is InChI=1S/C20H22N6O2/c21-18(27)14-24-12-9-22-19(24)16-3-1-10-25(13-16)20(28)15-4-6-17(7-5-15)26-11-2-8-23-26/h2,4-9,11-12,16H,1,3,10,13-14H2,(H2,21,27)/t16-/m0/s1. The van der Waals surface area contributed by atoms with Gasteiger partial charge in [0.05, 0.1) is 5.69 Å². The molecule has 2 aromatic heterocycles. The molecule has 0 spiro atoms. The maximum absolute atomic E-state index is 13.0. The molecule has 0 unspecified atom stereocenters. The van der Waals surface area contributed by atoms with Gasteiger partial charge in [0.1, 0.15) is 12.4 Å². The van der Waals surface area contributed by atoms with E-state index in [4.69, 9.17) is 5.73 Å². The second kappa shape index (κ2) is 7.67. The Labute approximate surface area is 162 Å². The third kappa shape index (κ3) is 3.66. The fourth-order valence-electron chi connectivity index (χ4n) is 3.72. The maximum Gasteiger partial charge on any atom is 0.253 e. The van der Waals surface area contributed by atoms with Crippen LogP contribution in [-0.4, -0.2) is 49.1 Å². The molecule has 0 saturated carbocycles. The average Bonchev–Trinajstić information content (AvgIpc) is 3.39. The van der Waals surface area contributed by atoms with Crippen molar-refractivity contribution in [2.75, 3.05) is 13.1 Å². The Morgan fingerprint density at radius 3 is 2.68 bits per heavy atom. The number of carbonyl (C=O) groups excluding carboxylic acids is 2. The van der Waals surface area contributed by atoms with Crippen molar-refractivity contribution in [3.05, 3.63) is 66.5 Å². The highest BCUT2D eigenvalue weighted by Gasteiger charge is 2.28. The fraction of sp³-hybridized carbons (Fsp3) is 0.300. The van der Waals surface area contributed by atoms with E-state index in [1.165, 1.54) is 0 Å². The zero-order chi connectivity index (χ0) is 19.5. The normalized spacial score (nSPS) is 16.9. The summed E-state index contributed by atoms with van der Waals surface area (Å²) in [5, 5.41) is 4.20. The van der Waals surface area contributed by atoms with Crippen LogP contribution in [-0.2, 0) is 11.3 Å². The Morgan fingerprint density at radius 1 is 1.14 bits per heavy atom. The van der Waals surface area contributed by atoms with Crippen LogP contribution in [0.3, 0.4) is 0 Å². The van der Waals surface area contributed by atoms with Gasteiger partial charge in [0.25, 0.3) is 5.91 Å². The van der Waals surface area contributed by atoms with Gasteiger partial charge in [-0.3, -0.25) is 9.59 Å². The second-order valence-corrected chi connectivity index (χ2v) is 6.97. The van der Waals surface area contributed by atoms with Crippen LogP contribution in [0.25, 0.3) is 5.69 Å². The number of amides is 2. The summed E-state index contributed by atoms with van der Waals surface area (Å²) < 4.78 is 3.53. The van der Waals surface area contributed by atoms with Gasteiger partial charge in [0, 0.05) is 49.4 Å². The van der Waals surface area contributed by atoms with Crippen LogP contribution < -0.4 is 5.73 Å². The molecule has 1 aliphatic heterocycles. The van der Waals surface area contributed by atoms with Crippen LogP contribution >= 0.6 is 0 Å². The number of benzene rings is 1. The van der Waals surface area contributed by atoms with Crippen molar-refractivity contribution < 1.29 is 9.59 Å². The van der Waals surface area contributed by atoms with Crippen LogP contribution in [0, 0.1) is 0 Å². The van der Waals surface area contributed by atoms with Crippen LogP contribution in [0.4, 0.5) is 0 Å². The molecule has 3 aromatic rings. The number of likely N-dealkylation sites (tertiary alicyclic amines) is 1. The summed E-state index contributed by atoms with van der Waals surface area (Å²) >= 11 is 0. The molecule has 144 valence electrons. The first kappa shape index (κ1) is 18.0. The minimum atomic E-state index is -0.403. The predicted octanol–water partition coefficient (Wildman–Crippen LogP) is 1.57. The third-order valence-corrected chi connectivity index (χ3v) is 5.03. The molecule has 1 atom stereocenters. The Hall–Kier alpha value is -3.42. The summed E-state index contributed by atoms with van der Waals surface area (Å²) in [5.74, 6) is 0.505. The highest BCUT2D eigenvalue weighted by atomic mass is 16.2. The lowest BCUT2D eigenvalue weighted by atomic mass is 9.96. The summed E-state index contributed by atoms with van der Waals surface area (Å²) in [6.07, 6.45) is 8.83. The number of hydrogen-bond acceptors (Lipinski definition) is 4. The molecule has 1 aliphatic rings. The molecule has 8 nitrogen and oxygen atoms in total. The molecule has 0 radical (unpaired) electrons. The first-order valence-corrected chi connectivity index (χ1v) is 9.30. The highest BCUT2D eigenvalue weighted by molar-refractivity contribution is 5.94. The smallest absolute Gasteiger partial charge is 0.253 e. The Morgan fingerprint density at radius 2 is 1.96 bits per heavy atom. The zero-order valence-electron chi connectivity index (χ0n) is 15.4. The van der Waals surface area contributed by atoms with Gasteiger partial charge in [-0.15, -0.1) is 0 Å². The molecule has 1 saturated heterocycles. The summed E-state index contributed by atoms with van der Waals surface area (Å²) in [5.41, 5.74) is 6.88. The Kier molecular flexibility index (Phi) is 4.92. The van der Waals surface area contributed by atoms with Gasteiger partial charge in [0.15, 0.2) is 0 Å². The lowest BCUT2D eigenvalue weighted by Crippen LogP contribution is -2.40. The SMILES string of the molecule is NC(=O)Cn1ccnc1[C@H]1CCCN(C(=O)c2ccc(-n3cccn3)cc2)C1. The number of aromatic nitrogens is 4.